The van der Waals surface area contributed by atoms with Gasteiger partial charge in [-0.25, -0.2) is 5.48 Å². The number of nitrogens with one attached hydrogen (secondary N) is 1. The Kier molecular flexibility index (Phi) is 5.08. The van der Waals surface area contributed by atoms with Crippen LogP contribution in [-0.2, 0) is 4.84 Å². The molecule has 0 radical (unpaired) electrons. The quantitative estimate of drug-likeness (QED) is 0.711. The zero-order valence-corrected chi connectivity index (χ0v) is 7.43. The molecule has 1 aromatic rings. The Hall–Kier alpha value is -1.06. The molecule has 0 spiro atoms. The fourth-order valence-corrected chi connectivity index (χ4v) is 0.741. The molecule has 0 saturated carbocycles. The Morgan fingerprint density at radius 2 is 1.92 bits per heavy atom. The third kappa shape index (κ3) is 2.90. The van der Waals surface area contributed by atoms with Gasteiger partial charge in [0.15, 0.2) is 0 Å². The maximum absolute atomic E-state index is 11.0. The van der Waals surface area contributed by atoms with E-state index in [-0.39, 0.29) is 18.3 Å². The number of halogens is 1. The number of carbonyl (C=O) groups is 1. The lowest BCUT2D eigenvalue weighted by atomic mass is 10.2. The van der Waals surface area contributed by atoms with Crippen LogP contribution in [0.2, 0.25) is 0 Å². The summed E-state index contributed by atoms with van der Waals surface area (Å²) in [5, 5.41) is 0. The highest BCUT2D eigenvalue weighted by molar-refractivity contribution is 5.93. The minimum atomic E-state index is -0.229. The van der Waals surface area contributed by atoms with E-state index in [1.807, 2.05) is 6.07 Å². The van der Waals surface area contributed by atoms with Crippen LogP contribution in [0.15, 0.2) is 30.3 Å². The summed E-state index contributed by atoms with van der Waals surface area (Å²) in [5.74, 6) is -0.229. The number of carbonyl (C=O) groups excluding carboxylic acids is 1. The largest absolute Gasteiger partial charge is 0.277 e. The molecular weight excluding hydrogens is 178 g/mol. The molecule has 0 atom stereocenters. The van der Waals surface area contributed by atoms with Crippen molar-refractivity contribution in [3.8, 4) is 0 Å². The van der Waals surface area contributed by atoms with Crippen molar-refractivity contribution in [1.82, 2.24) is 5.48 Å². The van der Waals surface area contributed by atoms with E-state index in [9.17, 15) is 4.79 Å². The lowest BCUT2D eigenvalue weighted by Gasteiger charge is -1.99. The van der Waals surface area contributed by atoms with Crippen LogP contribution in [0.3, 0.4) is 0 Å². The Labute approximate surface area is 77.1 Å². The third-order valence-electron chi connectivity index (χ3n) is 1.23. The van der Waals surface area contributed by atoms with Gasteiger partial charge in [0.1, 0.15) is 0 Å². The molecule has 1 N–H and O–H groups in total. The van der Waals surface area contributed by atoms with Crippen LogP contribution in [0, 0.1) is 0 Å². The number of hydrogen-bond acceptors (Lipinski definition) is 2. The molecular formula is C8H10ClNO2. The molecule has 12 heavy (non-hydrogen) atoms. The van der Waals surface area contributed by atoms with E-state index >= 15 is 0 Å². The van der Waals surface area contributed by atoms with Gasteiger partial charge < -0.3 is 0 Å². The van der Waals surface area contributed by atoms with E-state index in [0.717, 1.165) is 0 Å². The monoisotopic (exact) mass is 187 g/mol. The number of amides is 1. The SMILES string of the molecule is CONC(=O)c1ccccc1.Cl. The van der Waals surface area contributed by atoms with E-state index in [1.165, 1.54) is 7.11 Å². The summed E-state index contributed by atoms with van der Waals surface area (Å²) in [5.41, 5.74) is 2.81. The molecule has 0 aliphatic carbocycles. The molecule has 1 aromatic carbocycles. The Bertz CT molecular complexity index is 238. The molecule has 0 unspecified atom stereocenters. The molecule has 0 fully saturated rings. The van der Waals surface area contributed by atoms with Crippen molar-refractivity contribution in [2.24, 2.45) is 0 Å². The third-order valence-corrected chi connectivity index (χ3v) is 1.23. The number of benzene rings is 1. The standard InChI is InChI=1S/C8H9NO2.ClH/c1-11-9-8(10)7-5-3-2-4-6-7;/h2-6H,1H3,(H,9,10);1H. The number of hydroxylamine groups is 1. The van der Waals surface area contributed by atoms with Crippen molar-refractivity contribution in [2.75, 3.05) is 7.11 Å². The van der Waals surface area contributed by atoms with Crippen molar-refractivity contribution in [1.29, 1.82) is 0 Å². The topological polar surface area (TPSA) is 38.3 Å². The van der Waals surface area contributed by atoms with Gasteiger partial charge in [-0.3, -0.25) is 9.63 Å². The van der Waals surface area contributed by atoms with Crippen LogP contribution in [0.4, 0.5) is 0 Å². The van der Waals surface area contributed by atoms with Crippen molar-refractivity contribution in [3.63, 3.8) is 0 Å². The van der Waals surface area contributed by atoms with E-state index < -0.39 is 0 Å². The van der Waals surface area contributed by atoms with Crippen molar-refractivity contribution >= 4 is 18.3 Å². The van der Waals surface area contributed by atoms with Gasteiger partial charge in [-0.2, -0.15) is 0 Å². The first-order valence-electron chi connectivity index (χ1n) is 3.23. The molecule has 3 nitrogen and oxygen atoms in total. The number of hydrogen-bond donors (Lipinski definition) is 1. The first-order valence-corrected chi connectivity index (χ1v) is 3.23. The fraction of sp³-hybridized carbons (Fsp3) is 0.125. The average Bonchev–Trinajstić information content (AvgIpc) is 2.07. The van der Waals surface area contributed by atoms with Crippen LogP contribution >= 0.6 is 12.4 Å². The second-order valence-electron chi connectivity index (χ2n) is 2.00. The van der Waals surface area contributed by atoms with E-state index in [2.05, 4.69) is 10.3 Å². The van der Waals surface area contributed by atoms with Gasteiger partial charge in [0.2, 0.25) is 0 Å². The highest BCUT2D eigenvalue weighted by atomic mass is 35.5. The lowest BCUT2D eigenvalue weighted by Crippen LogP contribution is -2.21. The van der Waals surface area contributed by atoms with Crippen LogP contribution in [-0.4, -0.2) is 13.0 Å². The van der Waals surface area contributed by atoms with Gasteiger partial charge in [0.05, 0.1) is 7.11 Å². The number of rotatable bonds is 2. The summed E-state index contributed by atoms with van der Waals surface area (Å²) in [6.07, 6.45) is 0. The summed E-state index contributed by atoms with van der Waals surface area (Å²) < 4.78 is 0. The Morgan fingerprint density at radius 3 is 2.42 bits per heavy atom. The molecule has 0 aromatic heterocycles. The molecule has 66 valence electrons. The highest BCUT2D eigenvalue weighted by Crippen LogP contribution is 1.96. The molecule has 1 rings (SSSR count). The van der Waals surface area contributed by atoms with Gasteiger partial charge in [0.25, 0.3) is 5.91 Å². The maximum Gasteiger partial charge on any atom is 0.274 e. The van der Waals surface area contributed by atoms with Crippen LogP contribution in [0.5, 0.6) is 0 Å². The lowest BCUT2D eigenvalue weighted by molar-refractivity contribution is 0.0537. The molecule has 0 aliphatic heterocycles. The maximum atomic E-state index is 11.0. The predicted molar refractivity (Wildman–Crippen MR) is 48.2 cm³/mol. The van der Waals surface area contributed by atoms with Crippen molar-refractivity contribution < 1.29 is 9.63 Å². The summed E-state index contributed by atoms with van der Waals surface area (Å²) in [6, 6.07) is 8.88. The predicted octanol–water partition coefficient (Wildman–Crippen LogP) is 1.40. The molecule has 4 heteroatoms. The zero-order chi connectivity index (χ0) is 8.10. The van der Waals surface area contributed by atoms with Crippen molar-refractivity contribution in [2.45, 2.75) is 0 Å². The van der Waals surface area contributed by atoms with Crippen LogP contribution in [0.25, 0.3) is 0 Å². The summed E-state index contributed by atoms with van der Waals surface area (Å²) in [6.45, 7) is 0. The normalized spacial score (nSPS) is 8.42. The summed E-state index contributed by atoms with van der Waals surface area (Å²) >= 11 is 0. The van der Waals surface area contributed by atoms with E-state index in [1.54, 1.807) is 24.3 Å². The van der Waals surface area contributed by atoms with Gasteiger partial charge in [-0.05, 0) is 12.1 Å². The second kappa shape index (κ2) is 5.57. The van der Waals surface area contributed by atoms with E-state index in [0.29, 0.717) is 5.56 Å². The fourth-order valence-electron chi connectivity index (χ4n) is 0.741. The van der Waals surface area contributed by atoms with Crippen LogP contribution < -0.4 is 5.48 Å². The van der Waals surface area contributed by atoms with E-state index in [4.69, 9.17) is 0 Å². The average molecular weight is 188 g/mol. The van der Waals surface area contributed by atoms with Gasteiger partial charge in [-0.15, -0.1) is 12.4 Å². The second-order valence-corrected chi connectivity index (χ2v) is 2.00. The van der Waals surface area contributed by atoms with Gasteiger partial charge >= 0.3 is 0 Å². The minimum absolute atomic E-state index is 0. The van der Waals surface area contributed by atoms with Gasteiger partial charge in [-0.1, -0.05) is 18.2 Å². The molecule has 0 saturated heterocycles. The highest BCUT2D eigenvalue weighted by Gasteiger charge is 2.00. The molecule has 0 heterocycles. The molecule has 1 amide bonds. The first kappa shape index (κ1) is 10.9. The smallest absolute Gasteiger partial charge is 0.274 e. The van der Waals surface area contributed by atoms with Gasteiger partial charge in [0, 0.05) is 5.56 Å². The first-order chi connectivity index (χ1) is 5.34. The molecule has 0 bridgehead atoms. The summed E-state index contributed by atoms with van der Waals surface area (Å²) in [4.78, 5) is 15.5. The summed E-state index contributed by atoms with van der Waals surface area (Å²) in [7, 11) is 1.40. The zero-order valence-electron chi connectivity index (χ0n) is 6.61. The van der Waals surface area contributed by atoms with Crippen molar-refractivity contribution in [3.05, 3.63) is 35.9 Å². The molecule has 0 aliphatic rings. The Morgan fingerprint density at radius 1 is 1.33 bits per heavy atom. The van der Waals surface area contributed by atoms with Crippen LogP contribution in [0.1, 0.15) is 10.4 Å². The minimum Gasteiger partial charge on any atom is -0.277 e. The Balaban J connectivity index is 0.00000121.